The van der Waals surface area contributed by atoms with Crippen molar-refractivity contribution >= 4 is 68.6 Å². The molecule has 6 aliphatic rings. The molecular weight excluding hydrogens is 990 g/mol. The number of benzene rings is 9. The van der Waals surface area contributed by atoms with Gasteiger partial charge in [-0.05, 0) is 218 Å². The van der Waals surface area contributed by atoms with Crippen LogP contribution in [-0.2, 0) is 53.9 Å². The van der Waals surface area contributed by atoms with E-state index in [2.05, 4.69) is 280 Å². The van der Waals surface area contributed by atoms with Gasteiger partial charge in [0.1, 0.15) is 0 Å². The maximum atomic E-state index is 2.80. The zero-order valence-electron chi connectivity index (χ0n) is 50.5. The molecular formula is C78H78BN3. The molecule has 4 heteroatoms. The Bertz CT molecular complexity index is 4130. The van der Waals surface area contributed by atoms with E-state index in [9.17, 15) is 0 Å². The lowest BCUT2D eigenvalue weighted by Gasteiger charge is -2.53. The van der Waals surface area contributed by atoms with Crippen LogP contribution in [-0.4, -0.2) is 6.71 Å². The van der Waals surface area contributed by atoms with Gasteiger partial charge in [0.15, 0.2) is 0 Å². The Labute approximate surface area is 489 Å². The summed E-state index contributed by atoms with van der Waals surface area (Å²) in [5, 5.41) is 0. The number of fused-ring (bicyclic) bond motifs is 11. The first-order chi connectivity index (χ1) is 39.1. The van der Waals surface area contributed by atoms with Crippen LogP contribution in [0.1, 0.15) is 144 Å². The molecule has 3 heterocycles. The molecule has 9 aromatic rings. The molecule has 0 N–H and O–H groups in total. The number of anilines is 8. The van der Waals surface area contributed by atoms with Gasteiger partial charge in [-0.1, -0.05) is 191 Å². The second-order valence-corrected chi connectivity index (χ2v) is 29.4. The van der Waals surface area contributed by atoms with Gasteiger partial charge in [0.05, 0.1) is 16.6 Å². The van der Waals surface area contributed by atoms with Gasteiger partial charge in [-0.2, -0.15) is 0 Å². The van der Waals surface area contributed by atoms with Crippen molar-refractivity contribution in [2.45, 2.75) is 143 Å². The van der Waals surface area contributed by atoms with E-state index < -0.39 is 5.54 Å². The Kier molecular flexibility index (Phi) is 11.0. The smallest absolute Gasteiger partial charge is 0.252 e. The molecule has 0 saturated heterocycles. The fourth-order valence-corrected chi connectivity index (χ4v) is 16.8. The van der Waals surface area contributed by atoms with Gasteiger partial charge < -0.3 is 14.7 Å². The topological polar surface area (TPSA) is 9.72 Å². The third-order valence-corrected chi connectivity index (χ3v) is 20.5. The van der Waals surface area contributed by atoms with E-state index in [1.165, 1.54) is 134 Å². The monoisotopic (exact) mass is 1070 g/mol. The predicted molar refractivity (Wildman–Crippen MR) is 348 cm³/mol. The number of hydrogen-bond donors (Lipinski definition) is 0. The zero-order valence-corrected chi connectivity index (χ0v) is 50.5. The highest BCUT2D eigenvalue weighted by Gasteiger charge is 2.63. The van der Waals surface area contributed by atoms with Crippen molar-refractivity contribution < 1.29 is 0 Å². The Morgan fingerprint density at radius 2 is 1.01 bits per heavy atom. The highest BCUT2D eigenvalue weighted by Crippen LogP contribution is 2.67. The first-order valence-corrected chi connectivity index (χ1v) is 30.6. The van der Waals surface area contributed by atoms with Crippen molar-refractivity contribution in [3.63, 3.8) is 0 Å². The summed E-state index contributed by atoms with van der Waals surface area (Å²) >= 11 is 0. The molecule has 0 fully saturated rings. The number of nitrogens with zero attached hydrogens (tertiary/aromatic N) is 3. The van der Waals surface area contributed by atoms with Crippen molar-refractivity contribution in [2.75, 3.05) is 14.7 Å². The first kappa shape index (κ1) is 51.3. The summed E-state index contributed by atoms with van der Waals surface area (Å²) in [5.41, 5.74) is 31.8. The highest BCUT2D eigenvalue weighted by molar-refractivity contribution is 7.00. The Morgan fingerprint density at radius 1 is 0.427 bits per heavy atom. The van der Waals surface area contributed by atoms with Crippen molar-refractivity contribution in [2.24, 2.45) is 10.8 Å². The van der Waals surface area contributed by atoms with E-state index in [0.717, 1.165) is 38.5 Å². The van der Waals surface area contributed by atoms with Crippen LogP contribution in [0.3, 0.4) is 0 Å². The van der Waals surface area contributed by atoms with Gasteiger partial charge in [0.25, 0.3) is 6.71 Å². The minimum absolute atomic E-state index is 0.0110. The van der Waals surface area contributed by atoms with Crippen molar-refractivity contribution in [3.05, 3.63) is 243 Å². The molecule has 15 rings (SSSR count). The second-order valence-electron chi connectivity index (χ2n) is 29.4. The molecule has 0 saturated carbocycles. The summed E-state index contributed by atoms with van der Waals surface area (Å²) in [5.74, 6) is 0. The van der Waals surface area contributed by atoms with Crippen molar-refractivity contribution in [1.29, 1.82) is 0 Å². The Balaban J connectivity index is 1.04. The lowest BCUT2D eigenvalue weighted by Crippen LogP contribution is -2.61. The molecule has 3 aliphatic carbocycles. The largest absolute Gasteiger partial charge is 0.330 e. The van der Waals surface area contributed by atoms with Crippen LogP contribution in [0.4, 0.5) is 45.5 Å². The van der Waals surface area contributed by atoms with Gasteiger partial charge in [0, 0.05) is 45.4 Å². The summed E-state index contributed by atoms with van der Waals surface area (Å²) in [6, 6.07) is 72.6. The summed E-state index contributed by atoms with van der Waals surface area (Å²) < 4.78 is 0. The van der Waals surface area contributed by atoms with E-state index in [-0.39, 0.29) is 33.8 Å². The average Bonchev–Trinajstić information content (AvgIpc) is 2.58. The minimum atomic E-state index is -0.489. The van der Waals surface area contributed by atoms with Crippen LogP contribution in [0, 0.1) is 17.8 Å². The third kappa shape index (κ3) is 7.47. The fraction of sp³-hybridized carbons (Fsp3) is 0.308. The molecule has 82 heavy (non-hydrogen) atoms. The van der Waals surface area contributed by atoms with Gasteiger partial charge in [0.2, 0.25) is 0 Å². The maximum absolute atomic E-state index is 2.80. The zero-order chi connectivity index (χ0) is 56.6. The second kappa shape index (κ2) is 17.5. The van der Waals surface area contributed by atoms with E-state index in [0.29, 0.717) is 0 Å². The van der Waals surface area contributed by atoms with Crippen molar-refractivity contribution in [3.8, 4) is 11.1 Å². The van der Waals surface area contributed by atoms with Crippen LogP contribution in [0.5, 0.6) is 0 Å². The SMILES string of the molecule is Cc1cc2c3c(c1)N(c1ccc(C(C)(C)C)cc1-c1ccccc1)c1cc(N4c5ccc(C(C)(C)C)cc5C5(c6ccccc6)CCc6ccccc6C45C)ccc1B3c1cc3c(cc1N2c1ccc2c(c1)CC(C)(C)C2)CC(C)(C)C3. The van der Waals surface area contributed by atoms with Gasteiger partial charge in [-0.15, -0.1) is 0 Å². The first-order valence-electron chi connectivity index (χ1n) is 30.6. The third-order valence-electron chi connectivity index (χ3n) is 20.5. The summed E-state index contributed by atoms with van der Waals surface area (Å²) in [7, 11) is 0. The molecule has 9 aromatic carbocycles. The summed E-state index contributed by atoms with van der Waals surface area (Å²) in [4.78, 5) is 8.20. The van der Waals surface area contributed by atoms with Crippen LogP contribution >= 0.6 is 0 Å². The molecule has 0 radical (unpaired) electrons. The molecule has 2 atom stereocenters. The van der Waals surface area contributed by atoms with Crippen LogP contribution in [0.2, 0.25) is 0 Å². The summed E-state index contributed by atoms with van der Waals surface area (Å²) in [6.07, 6.45) is 6.40. The van der Waals surface area contributed by atoms with Crippen molar-refractivity contribution in [1.82, 2.24) is 0 Å². The van der Waals surface area contributed by atoms with E-state index in [1.807, 2.05) is 0 Å². The molecule has 0 aromatic heterocycles. The molecule has 0 bridgehead atoms. The molecule has 3 nitrogen and oxygen atoms in total. The standard InChI is InChI=1S/C78H78BN3/c1-49-37-70-72-71(38-49)81(66-33-28-57(73(2,3)4)42-61(66)50-21-15-13-16-22-50)69-44-60(82-67-34-29-58(74(5,6)7)43-63(67)78(56-24-17-14-18-25-56)36-35-51-23-19-20-26-62(51)77(78,82)12)31-32-64(69)79(72)65-40-54-47-76(10,11)48-55(54)41-68(65)80(70)59-30-27-52-45-75(8,9)46-53(52)39-59/h13-34,37-44H,35-36,45-48H2,1-12H3. The van der Waals surface area contributed by atoms with Gasteiger partial charge >= 0.3 is 0 Å². The lowest BCUT2D eigenvalue weighted by atomic mass is 9.33. The molecule has 0 spiro atoms. The quantitative estimate of drug-likeness (QED) is 0.159. The highest BCUT2D eigenvalue weighted by atomic mass is 15.3. The number of aryl methyl sites for hydroxylation is 2. The van der Waals surface area contributed by atoms with Crippen LogP contribution in [0.25, 0.3) is 11.1 Å². The van der Waals surface area contributed by atoms with E-state index in [4.69, 9.17) is 0 Å². The predicted octanol–water partition coefficient (Wildman–Crippen LogP) is 17.9. The summed E-state index contributed by atoms with van der Waals surface area (Å²) in [6.45, 7) is 28.9. The maximum Gasteiger partial charge on any atom is 0.252 e. The van der Waals surface area contributed by atoms with Gasteiger partial charge in [-0.25, -0.2) is 0 Å². The Morgan fingerprint density at radius 3 is 1.72 bits per heavy atom. The fourth-order valence-electron chi connectivity index (χ4n) is 16.8. The van der Waals surface area contributed by atoms with Crippen LogP contribution in [0.15, 0.2) is 182 Å². The van der Waals surface area contributed by atoms with Gasteiger partial charge in [-0.3, -0.25) is 0 Å². The molecule has 3 aliphatic heterocycles. The lowest BCUT2D eigenvalue weighted by molar-refractivity contribution is 0.270. The van der Waals surface area contributed by atoms with E-state index >= 15 is 0 Å². The molecule has 0 amide bonds. The number of rotatable bonds is 5. The molecule has 408 valence electrons. The Hall–Kier alpha value is -7.56. The normalized spacial score (nSPS) is 20.3. The molecule has 2 unspecified atom stereocenters. The van der Waals surface area contributed by atoms with E-state index in [1.54, 1.807) is 0 Å². The van der Waals surface area contributed by atoms with Crippen LogP contribution < -0.4 is 31.1 Å². The average molecular weight is 1070 g/mol. The minimum Gasteiger partial charge on any atom is -0.330 e. The number of hydrogen-bond acceptors (Lipinski definition) is 3.